The summed E-state index contributed by atoms with van der Waals surface area (Å²) >= 11 is 0.730. The van der Waals surface area contributed by atoms with E-state index >= 15 is 0 Å². The lowest BCUT2D eigenvalue weighted by Gasteiger charge is -2.25. The summed E-state index contributed by atoms with van der Waals surface area (Å²) in [4.78, 5) is 1.33. The number of ether oxygens (including phenoxy) is 6. The number of hydrogen-bond acceptors (Lipinski definition) is 16. The first-order valence-corrected chi connectivity index (χ1v) is 27.1. The van der Waals surface area contributed by atoms with Gasteiger partial charge in [-0.05, 0) is 90.6 Å². The smallest absolute Gasteiger partial charge is 0.484 e. The first-order valence-electron chi connectivity index (χ1n) is 20.2. The van der Waals surface area contributed by atoms with E-state index in [0.29, 0.717) is 33.8 Å². The van der Waals surface area contributed by atoms with E-state index in [2.05, 4.69) is 35.5 Å². The minimum Gasteiger partial charge on any atom is -0.484 e. The van der Waals surface area contributed by atoms with E-state index in [-0.39, 0.29) is 106 Å². The van der Waals surface area contributed by atoms with E-state index in [4.69, 9.17) is 28.4 Å². The van der Waals surface area contributed by atoms with Crippen LogP contribution >= 0.6 is 34.0 Å². The zero-order valence-electron chi connectivity index (χ0n) is 35.9. The average Bonchev–Trinajstić information content (AvgIpc) is 4.05. The Balaban J connectivity index is 1.05. The van der Waals surface area contributed by atoms with Crippen molar-refractivity contribution in [1.29, 1.82) is 0 Å². The minimum atomic E-state index is -5.81. The molecule has 0 unspecified atom stereocenters. The molecule has 28 heteroatoms. The van der Waals surface area contributed by atoms with Crippen molar-refractivity contribution in [2.24, 2.45) is 0 Å². The molecule has 13 nitrogen and oxygen atoms in total. The molecule has 3 aromatic carbocycles. The summed E-state index contributed by atoms with van der Waals surface area (Å²) in [5.41, 5.74) is -14.4. The third kappa shape index (κ3) is 9.68. The molecule has 0 fully saturated rings. The van der Waals surface area contributed by atoms with Gasteiger partial charge >= 0.3 is 16.5 Å². The maximum atomic E-state index is 13.5. The van der Waals surface area contributed by atoms with Crippen molar-refractivity contribution in [3.8, 4) is 70.0 Å². The van der Waals surface area contributed by atoms with E-state index in [0.717, 1.165) is 0 Å². The number of thiophene rings is 3. The zero-order chi connectivity index (χ0) is 52.3. The topological polar surface area (TPSA) is 161 Å². The van der Waals surface area contributed by atoms with Crippen molar-refractivity contribution in [1.82, 2.24) is 0 Å². The number of alkyl halides is 9. The Bertz CT molecular complexity index is 3330. The molecule has 0 bridgehead atoms. The third-order valence-corrected chi connectivity index (χ3v) is 19.3. The van der Waals surface area contributed by atoms with Gasteiger partial charge in [-0.2, -0.15) is 39.5 Å². The summed E-state index contributed by atoms with van der Waals surface area (Å²) in [5, 5.41) is 0. The monoisotopic (exact) mass is 1130 g/mol. The van der Waals surface area contributed by atoms with E-state index in [9.17, 15) is 64.8 Å². The Morgan fingerprint density at radius 2 is 0.575 bits per heavy atom. The second kappa shape index (κ2) is 18.9. The Labute approximate surface area is 419 Å². The van der Waals surface area contributed by atoms with Crippen LogP contribution in [-0.2, 0) is 29.5 Å². The molecule has 6 heterocycles. The maximum absolute atomic E-state index is 13.5. The third-order valence-electron chi connectivity index (χ3n) is 10.1. The van der Waals surface area contributed by atoms with Gasteiger partial charge in [-0.3, -0.25) is 0 Å². The van der Waals surface area contributed by atoms with Crippen LogP contribution in [-0.4, -0.2) is 81.4 Å². The first-order chi connectivity index (χ1) is 34.4. The molecular formula is C45H24F9NO12S6. The van der Waals surface area contributed by atoms with Gasteiger partial charge in [0, 0.05) is 33.8 Å². The predicted octanol–water partition coefficient (Wildman–Crippen LogP) is 9.73. The molecule has 0 aliphatic carbocycles. The van der Waals surface area contributed by atoms with E-state index in [1.54, 1.807) is 77.7 Å². The van der Waals surface area contributed by atoms with Gasteiger partial charge in [0.25, 0.3) is 29.5 Å². The average molecular weight is 1130 g/mol. The van der Waals surface area contributed by atoms with Gasteiger partial charge in [-0.1, -0.05) is 17.8 Å². The van der Waals surface area contributed by atoms with Crippen LogP contribution in [0.4, 0.5) is 56.6 Å². The molecule has 3 aromatic heterocycles. The Morgan fingerprint density at radius 1 is 0.356 bits per heavy atom. The Hall–Kier alpha value is -6.74. The summed E-state index contributed by atoms with van der Waals surface area (Å²) in [6.07, 6.45) is 0. The molecule has 6 aromatic rings. The molecule has 0 N–H and O–H groups in total. The molecule has 0 radical (unpaired) electrons. The molecule has 3 aliphatic heterocycles. The summed E-state index contributed by atoms with van der Waals surface area (Å²) < 4.78 is 225. The normalized spacial score (nSPS) is 14.4. The highest BCUT2D eigenvalue weighted by molar-refractivity contribution is 7.95. The van der Waals surface area contributed by atoms with Crippen molar-refractivity contribution in [2.75, 3.05) is 44.5 Å². The van der Waals surface area contributed by atoms with Crippen molar-refractivity contribution in [2.45, 2.75) is 29.2 Å². The fourth-order valence-corrected chi connectivity index (χ4v) is 13.8. The molecule has 73 heavy (non-hydrogen) atoms. The van der Waals surface area contributed by atoms with Gasteiger partial charge in [0.1, 0.15) is 54.3 Å². The molecule has 0 saturated heterocycles. The number of hydrogen-bond donors (Lipinski definition) is 0. The van der Waals surface area contributed by atoms with E-state index < -0.39 is 75.9 Å². The molecule has 0 atom stereocenters. The van der Waals surface area contributed by atoms with E-state index in [1.807, 2.05) is 0 Å². The lowest BCUT2D eigenvalue weighted by atomic mass is 10.1. The standard InChI is InChI=1S/C45H24F9NO12S6/c46-43(47,48)71(56,57)40-37-34(62-19-22-65-37)31(68-40)16-7-25-1-10-28(11-2-25)55(29-12-3-26(4-13-29)8-17-32-35-38(66-23-20-63-35)41(69-32)72(58,59)44(49,50)51)30-14-5-27(6-15-30)9-18-33-36-39(67-24-21-64-36)42(70-33)73(60,61)45(52,53)54/h1-6,10-15H,19-24H2. The summed E-state index contributed by atoms with van der Waals surface area (Å²) in [6.45, 7) is -0.814. The van der Waals surface area contributed by atoms with Crippen LogP contribution in [0.2, 0.25) is 0 Å². The second-order valence-electron chi connectivity index (χ2n) is 14.8. The highest BCUT2D eigenvalue weighted by Crippen LogP contribution is 2.52. The SMILES string of the molecule is O=S(=O)(c1sc(C#Cc2ccc(N(c3ccc(C#Cc4sc(S(=O)(=O)C(F)(F)F)c5c4OCCO5)cc3)c3ccc(C#Cc4sc(S(=O)(=O)C(F)(F)F)c5c4OCCO5)cc3)cc2)c2c1OCCO2)C(F)(F)F. The molecule has 3 aliphatic rings. The van der Waals surface area contributed by atoms with Crippen LogP contribution in [0.1, 0.15) is 31.3 Å². The van der Waals surface area contributed by atoms with E-state index in [1.165, 1.54) is 0 Å². The number of benzene rings is 3. The van der Waals surface area contributed by atoms with Gasteiger partial charge in [-0.25, -0.2) is 25.3 Å². The van der Waals surface area contributed by atoms with Gasteiger partial charge < -0.3 is 33.3 Å². The Kier molecular flexibility index (Phi) is 13.3. The summed E-state index contributed by atoms with van der Waals surface area (Å²) in [7, 11) is -17.4. The molecule has 380 valence electrons. The van der Waals surface area contributed by atoms with Gasteiger partial charge in [0.15, 0.2) is 47.1 Å². The van der Waals surface area contributed by atoms with Crippen LogP contribution in [0, 0.1) is 35.5 Å². The Morgan fingerprint density at radius 3 is 0.795 bits per heavy atom. The second-order valence-corrected chi connectivity index (χ2v) is 24.3. The summed E-state index contributed by atoms with van der Waals surface area (Å²) in [5.74, 6) is 13.9. The molecular weight excluding hydrogens is 1110 g/mol. The van der Waals surface area contributed by atoms with Crippen molar-refractivity contribution >= 4 is 80.6 Å². The van der Waals surface area contributed by atoms with Crippen molar-refractivity contribution in [3.63, 3.8) is 0 Å². The largest absolute Gasteiger partial charge is 0.502 e. The minimum absolute atomic E-state index is 0.0750. The van der Waals surface area contributed by atoms with Crippen LogP contribution in [0.15, 0.2) is 85.4 Å². The lowest BCUT2D eigenvalue weighted by Crippen LogP contribution is -2.24. The number of nitrogens with zero attached hydrogens (tertiary/aromatic N) is 1. The fraction of sp³-hybridized carbons (Fsp3) is 0.200. The first kappa shape index (κ1) is 51.2. The fourth-order valence-electron chi connectivity index (χ4n) is 6.78. The summed E-state index contributed by atoms with van der Waals surface area (Å²) in [6, 6.07) is 19.1. The van der Waals surface area contributed by atoms with Gasteiger partial charge in [0.2, 0.25) is 0 Å². The molecule has 0 saturated carbocycles. The number of anilines is 3. The van der Waals surface area contributed by atoms with Crippen LogP contribution in [0.3, 0.4) is 0 Å². The van der Waals surface area contributed by atoms with Crippen LogP contribution in [0.5, 0.6) is 34.5 Å². The molecule has 0 spiro atoms. The van der Waals surface area contributed by atoms with Gasteiger partial charge in [-0.15, -0.1) is 34.0 Å². The van der Waals surface area contributed by atoms with Gasteiger partial charge in [0.05, 0.1) is 0 Å². The molecule has 9 rings (SSSR count). The number of rotatable bonds is 6. The number of sulfone groups is 3. The number of halogens is 9. The van der Waals surface area contributed by atoms with Crippen molar-refractivity contribution < 1.29 is 93.2 Å². The quantitative estimate of drug-likeness (QED) is 0.115. The molecule has 0 amide bonds. The van der Waals surface area contributed by atoms with Crippen LogP contribution < -0.4 is 33.3 Å². The lowest BCUT2D eigenvalue weighted by molar-refractivity contribution is -0.0441. The van der Waals surface area contributed by atoms with Crippen LogP contribution in [0.25, 0.3) is 0 Å². The predicted molar refractivity (Wildman–Crippen MR) is 245 cm³/mol. The highest BCUT2D eigenvalue weighted by Gasteiger charge is 2.53. The highest BCUT2D eigenvalue weighted by atomic mass is 32.2. The maximum Gasteiger partial charge on any atom is 0.502 e. The number of fused-ring (bicyclic) bond motifs is 3. The zero-order valence-corrected chi connectivity index (χ0v) is 40.8. The van der Waals surface area contributed by atoms with Crippen molar-refractivity contribution in [3.05, 3.63) is 104 Å².